The third kappa shape index (κ3) is 8.05. The molecule has 0 unspecified atom stereocenters. The Kier molecular flexibility index (Phi) is 11.5. The van der Waals surface area contributed by atoms with Gasteiger partial charge in [-0.05, 0) is 64.2 Å². The Hall–Kier alpha value is -5.55. The summed E-state index contributed by atoms with van der Waals surface area (Å²) in [7, 11) is 0. The summed E-state index contributed by atoms with van der Waals surface area (Å²) in [5.41, 5.74) is 26.2. The second-order valence-corrected chi connectivity index (χ2v) is 11.2. The predicted octanol–water partition coefficient (Wildman–Crippen LogP) is 7.17. The molecule has 0 aliphatic carbocycles. The lowest BCUT2D eigenvalue weighted by Crippen LogP contribution is -2.53. The summed E-state index contributed by atoms with van der Waals surface area (Å²) in [6, 6.07) is 28.5. The minimum Gasteiger partial charge on any atom is -0.494 e. The highest BCUT2D eigenvalue weighted by molar-refractivity contribution is 6.30. The Morgan fingerprint density at radius 1 is 1.00 bits per heavy atom. The van der Waals surface area contributed by atoms with Crippen LogP contribution in [-0.2, 0) is 29.0 Å². The maximum atomic E-state index is 14.6. The van der Waals surface area contributed by atoms with E-state index in [1.165, 1.54) is 0 Å². The van der Waals surface area contributed by atoms with Gasteiger partial charge in [0.1, 0.15) is 5.75 Å². The van der Waals surface area contributed by atoms with Crippen molar-refractivity contribution < 1.29 is 19.4 Å². The maximum absolute atomic E-state index is 14.6. The van der Waals surface area contributed by atoms with Crippen LogP contribution < -0.4 is 15.6 Å². The number of aliphatic hydroxyl groups is 1. The number of carbonyl (C=O) groups is 1. The lowest BCUT2D eigenvalue weighted by Gasteiger charge is -2.32. The highest BCUT2D eigenvalue weighted by Gasteiger charge is 2.54. The lowest BCUT2D eigenvalue weighted by atomic mass is 9.80. The number of halogens is 1. The molecule has 0 fully saturated rings. The third-order valence-electron chi connectivity index (χ3n) is 7.67. The molecule has 0 spiro atoms. The third-order valence-corrected chi connectivity index (χ3v) is 7.90. The molecule has 3 N–H and O–H groups in total. The zero-order valence-electron chi connectivity index (χ0n) is 25.7. The van der Waals surface area contributed by atoms with Crippen LogP contribution in [0.4, 0.5) is 5.69 Å². The monoisotopic (exact) mass is 665 g/mol. The molecular formula is C34H32ClN9O4. The molecule has 4 aromatic rings. The Labute approximate surface area is 281 Å². The van der Waals surface area contributed by atoms with Gasteiger partial charge < -0.3 is 14.6 Å². The molecule has 0 radical (unpaired) electrons. The van der Waals surface area contributed by atoms with E-state index in [0.717, 1.165) is 5.56 Å². The maximum Gasteiger partial charge on any atom is 0.266 e. The van der Waals surface area contributed by atoms with Gasteiger partial charge in [0.15, 0.2) is 11.6 Å². The predicted molar refractivity (Wildman–Crippen MR) is 181 cm³/mol. The molecule has 1 heterocycles. The molecule has 14 heteroatoms. The number of nitrogens with zero attached hydrogens (tertiary/aromatic N) is 7. The van der Waals surface area contributed by atoms with Crippen molar-refractivity contribution in [1.82, 2.24) is 10.9 Å². The van der Waals surface area contributed by atoms with Crippen molar-refractivity contribution in [3.63, 3.8) is 0 Å². The molecule has 0 saturated carbocycles. The number of benzene rings is 4. The molecule has 1 amide bonds. The number of carbonyl (C=O) groups excluding carboxylic acids is 1. The van der Waals surface area contributed by atoms with E-state index in [1.807, 2.05) is 36.4 Å². The van der Waals surface area contributed by atoms with Gasteiger partial charge in [-0.25, -0.2) is 10.4 Å². The molecule has 5 rings (SSSR count). The van der Waals surface area contributed by atoms with Crippen LogP contribution in [0.15, 0.2) is 112 Å². The number of amides is 1. The fourth-order valence-corrected chi connectivity index (χ4v) is 5.58. The van der Waals surface area contributed by atoms with Crippen LogP contribution in [0.25, 0.3) is 20.9 Å². The first kappa shape index (κ1) is 33.8. The van der Waals surface area contributed by atoms with Gasteiger partial charge in [-0.3, -0.25) is 10.2 Å². The van der Waals surface area contributed by atoms with Crippen LogP contribution >= 0.6 is 11.6 Å². The number of ether oxygens (including phenoxy) is 2. The minimum atomic E-state index is -1.64. The van der Waals surface area contributed by atoms with Crippen molar-refractivity contribution in [3.8, 4) is 5.75 Å². The number of hydrogen-bond acceptors (Lipinski definition) is 8. The number of rotatable bonds is 15. The molecular weight excluding hydrogens is 634 g/mol. The standard InChI is InChI=1S/C34H32ClN9O4/c35-27-10-5-7-23(19-27)21-38-42-33(46)34(20-25-8-1-2-9-26(25)22-39-43-36)31(29-11-3-4-12-30(29)41-44-37)48-32(40-34)24-13-15-28(16-14-24)47-18-6-17-45/h1-5,7-16,19,31,38,45H,6,17-18,20-22H2,(H,42,46)/t31-,34-/m0/s1. The average Bonchev–Trinajstić information content (AvgIpc) is 3.49. The van der Waals surface area contributed by atoms with Gasteiger partial charge >= 0.3 is 0 Å². The first-order chi connectivity index (χ1) is 23.5. The Morgan fingerprint density at radius 2 is 1.77 bits per heavy atom. The van der Waals surface area contributed by atoms with E-state index in [4.69, 9.17) is 36.7 Å². The summed E-state index contributed by atoms with van der Waals surface area (Å²) >= 11 is 6.16. The molecule has 0 saturated heterocycles. The fourth-order valence-electron chi connectivity index (χ4n) is 5.37. The van der Waals surface area contributed by atoms with Gasteiger partial charge in [-0.2, -0.15) is 0 Å². The van der Waals surface area contributed by atoms with Crippen molar-refractivity contribution in [1.29, 1.82) is 0 Å². The van der Waals surface area contributed by atoms with Crippen molar-refractivity contribution >= 4 is 29.1 Å². The Morgan fingerprint density at radius 3 is 2.52 bits per heavy atom. The molecule has 4 aromatic carbocycles. The largest absolute Gasteiger partial charge is 0.494 e. The van der Waals surface area contributed by atoms with E-state index in [-0.39, 0.29) is 37.7 Å². The van der Waals surface area contributed by atoms with Crippen LogP contribution in [0, 0.1) is 0 Å². The zero-order valence-corrected chi connectivity index (χ0v) is 26.5. The van der Waals surface area contributed by atoms with Crippen molar-refractivity contribution in [2.45, 2.75) is 37.6 Å². The van der Waals surface area contributed by atoms with E-state index in [0.29, 0.717) is 46.1 Å². The summed E-state index contributed by atoms with van der Waals surface area (Å²) < 4.78 is 12.3. The smallest absolute Gasteiger partial charge is 0.266 e. The molecule has 1 aliphatic heterocycles. The normalized spacial score (nSPS) is 16.5. The number of azide groups is 2. The Balaban J connectivity index is 1.60. The van der Waals surface area contributed by atoms with Gasteiger partial charge in [0.25, 0.3) is 5.91 Å². The van der Waals surface area contributed by atoms with Crippen molar-refractivity contribution in [2.24, 2.45) is 15.2 Å². The van der Waals surface area contributed by atoms with Gasteiger partial charge in [-0.1, -0.05) is 82.5 Å². The second kappa shape index (κ2) is 16.3. The molecule has 0 bridgehead atoms. The number of nitrogens with one attached hydrogen (secondary N) is 2. The minimum absolute atomic E-state index is 0.0194. The molecule has 244 valence electrons. The summed E-state index contributed by atoms with van der Waals surface area (Å²) in [6.45, 7) is 0.704. The second-order valence-electron chi connectivity index (χ2n) is 10.8. The fraction of sp³-hybridized carbons (Fsp3) is 0.235. The summed E-state index contributed by atoms with van der Waals surface area (Å²) in [6.07, 6.45) is -0.514. The van der Waals surface area contributed by atoms with E-state index in [1.54, 1.807) is 60.7 Å². The molecule has 13 nitrogen and oxygen atoms in total. The molecule has 1 aliphatic rings. The molecule has 2 atom stereocenters. The van der Waals surface area contributed by atoms with E-state index in [9.17, 15) is 10.3 Å². The van der Waals surface area contributed by atoms with E-state index in [2.05, 4.69) is 30.9 Å². The highest BCUT2D eigenvalue weighted by Crippen LogP contribution is 2.45. The SMILES string of the molecule is [N-]=[N+]=NCc1ccccc1C[C@]1(C(=O)NNCc2cccc(Cl)c2)N=C(c2ccc(OCCCO)cc2)O[C@H]1c1ccccc1N=[N+]=[N-]. The first-order valence-electron chi connectivity index (χ1n) is 15.1. The summed E-state index contributed by atoms with van der Waals surface area (Å²) in [5, 5.41) is 17.3. The highest BCUT2D eigenvalue weighted by atomic mass is 35.5. The lowest BCUT2D eigenvalue weighted by molar-refractivity contribution is -0.130. The first-order valence-corrected chi connectivity index (χ1v) is 15.4. The van der Waals surface area contributed by atoms with E-state index >= 15 is 0 Å². The van der Waals surface area contributed by atoms with Crippen LogP contribution in [0.3, 0.4) is 0 Å². The van der Waals surface area contributed by atoms with Crippen LogP contribution in [0.1, 0.15) is 40.3 Å². The van der Waals surface area contributed by atoms with Gasteiger partial charge in [0.05, 0.1) is 13.2 Å². The number of hydrazine groups is 1. The van der Waals surface area contributed by atoms with Gasteiger partial charge in [-0.15, -0.1) is 0 Å². The number of hydrogen-bond donors (Lipinski definition) is 3. The van der Waals surface area contributed by atoms with Crippen molar-refractivity contribution in [2.75, 3.05) is 13.2 Å². The van der Waals surface area contributed by atoms with Crippen LogP contribution in [-0.4, -0.2) is 35.7 Å². The van der Waals surface area contributed by atoms with Crippen LogP contribution in [0.2, 0.25) is 5.02 Å². The topological polar surface area (TPSA) is 190 Å². The quantitative estimate of drug-likeness (QED) is 0.0398. The van der Waals surface area contributed by atoms with Crippen LogP contribution in [0.5, 0.6) is 5.75 Å². The average molecular weight is 666 g/mol. The number of aliphatic hydroxyl groups excluding tert-OH is 1. The zero-order chi connectivity index (χ0) is 33.8. The summed E-state index contributed by atoms with van der Waals surface area (Å²) in [5.74, 6) is 0.273. The molecule has 0 aromatic heterocycles. The van der Waals surface area contributed by atoms with E-state index < -0.39 is 17.6 Å². The Bertz CT molecular complexity index is 1870. The summed E-state index contributed by atoms with van der Waals surface area (Å²) in [4.78, 5) is 25.5. The number of aliphatic imine (C=N–C) groups is 1. The molecule has 48 heavy (non-hydrogen) atoms. The van der Waals surface area contributed by atoms with Gasteiger partial charge in [0.2, 0.25) is 5.90 Å². The van der Waals surface area contributed by atoms with Crippen molar-refractivity contribution in [3.05, 3.63) is 151 Å². The van der Waals surface area contributed by atoms with Gasteiger partial charge in [0, 0.05) is 57.7 Å².